The van der Waals surface area contributed by atoms with Crippen molar-refractivity contribution in [1.82, 2.24) is 19.4 Å². The zero-order valence-electron chi connectivity index (χ0n) is 23.1. The van der Waals surface area contributed by atoms with E-state index in [9.17, 15) is 13.2 Å². The number of carbonyl (C=O) groups is 1. The summed E-state index contributed by atoms with van der Waals surface area (Å²) in [4.78, 5) is 27.0. The molecule has 13 heteroatoms. The minimum absolute atomic E-state index is 0.0483. The van der Waals surface area contributed by atoms with Gasteiger partial charge in [-0.2, -0.15) is 8.42 Å². The van der Waals surface area contributed by atoms with Crippen molar-refractivity contribution in [3.8, 4) is 17.0 Å². The first-order valence-electron chi connectivity index (χ1n) is 13.0. The molecule has 0 atom stereocenters. The number of methoxy groups -OCH3 is 1. The molecule has 0 spiro atoms. The third kappa shape index (κ3) is 5.31. The Bertz CT molecular complexity index is 1650. The van der Waals surface area contributed by atoms with Gasteiger partial charge >= 0.3 is 16.5 Å². The van der Waals surface area contributed by atoms with Crippen LogP contribution < -0.4 is 14.9 Å². The molecule has 0 unspecified atom stereocenters. The summed E-state index contributed by atoms with van der Waals surface area (Å²) in [5.74, 6) is 0.248. The summed E-state index contributed by atoms with van der Waals surface area (Å²) >= 11 is 0. The fraction of sp³-hybridized carbons (Fsp3) is 0.321. The summed E-state index contributed by atoms with van der Waals surface area (Å²) in [6.07, 6.45) is 3.22. The number of carbonyl (C=O) groups excluding carboxylic acids is 1. The number of likely N-dealkylation sites (N-methyl/N-ethyl adjacent to an activating group) is 1. The number of benzene rings is 2. The second kappa shape index (κ2) is 11.4. The molecule has 216 valence electrons. The molecular formula is C28H32N6O6S. The van der Waals surface area contributed by atoms with Crippen molar-refractivity contribution in [2.24, 2.45) is 0 Å². The minimum Gasteiger partial charge on any atom is -0.480 e. The molecule has 0 radical (unpaired) electrons. The van der Waals surface area contributed by atoms with E-state index < -0.39 is 10.0 Å². The molecule has 1 saturated heterocycles. The Morgan fingerprint density at radius 3 is 2.49 bits per heavy atom. The first-order valence-corrected chi connectivity index (χ1v) is 14.4. The van der Waals surface area contributed by atoms with Gasteiger partial charge in [-0.05, 0) is 62.8 Å². The summed E-state index contributed by atoms with van der Waals surface area (Å²) in [5.41, 5.74) is 9.11. The third-order valence-corrected chi connectivity index (χ3v) is 9.13. The monoisotopic (exact) mass is 580 g/mol. The van der Waals surface area contributed by atoms with Crippen molar-refractivity contribution in [2.45, 2.75) is 29.8 Å². The molecule has 0 bridgehead atoms. The van der Waals surface area contributed by atoms with Crippen LogP contribution in [0.1, 0.15) is 12.8 Å². The number of nitrogen functional groups attached to an aromatic ring is 1. The molecule has 2 aromatic heterocycles. The molecule has 1 aliphatic heterocycles. The van der Waals surface area contributed by atoms with Crippen LogP contribution in [0.5, 0.6) is 5.88 Å². The maximum atomic E-state index is 13.8. The van der Waals surface area contributed by atoms with Gasteiger partial charge in [0.15, 0.2) is 4.90 Å². The zero-order chi connectivity index (χ0) is 29.2. The first kappa shape index (κ1) is 28.3. The minimum atomic E-state index is -4.44. The molecule has 4 aromatic rings. The van der Waals surface area contributed by atoms with Crippen LogP contribution in [0.3, 0.4) is 0 Å². The molecule has 0 saturated carbocycles. The predicted octanol–water partition coefficient (Wildman–Crippen LogP) is 3.08. The van der Waals surface area contributed by atoms with E-state index in [0.29, 0.717) is 41.3 Å². The molecule has 0 aliphatic carbocycles. The Hall–Kier alpha value is -4.20. The average molecular weight is 581 g/mol. The van der Waals surface area contributed by atoms with Crippen LogP contribution in [0, 0.1) is 0 Å². The number of nitrogens with zero attached hydrogens (tertiary/aromatic N) is 5. The summed E-state index contributed by atoms with van der Waals surface area (Å²) in [5, 5.41) is 0. The van der Waals surface area contributed by atoms with Crippen molar-refractivity contribution in [2.75, 3.05) is 44.6 Å². The second-order valence-corrected chi connectivity index (χ2v) is 11.7. The Kier molecular flexibility index (Phi) is 7.84. The SMILES string of the molecule is COc1ncc(-c2ccc3nc(N)n(CC4(N(C)C)CCOCC4)c3c2)cc1S(=O)(=O)N(OC=O)c1ccccc1. The number of nitrogens with two attached hydrogens (primary N) is 1. The topological polar surface area (TPSA) is 142 Å². The van der Waals surface area contributed by atoms with Crippen LogP contribution in [0.4, 0.5) is 11.6 Å². The number of rotatable bonds is 10. The van der Waals surface area contributed by atoms with E-state index in [1.807, 2.05) is 22.8 Å². The van der Waals surface area contributed by atoms with E-state index in [2.05, 4.69) is 29.0 Å². The van der Waals surface area contributed by atoms with Crippen molar-refractivity contribution in [3.63, 3.8) is 0 Å². The van der Waals surface area contributed by atoms with Gasteiger partial charge in [-0.15, -0.1) is 0 Å². The number of fused-ring (bicyclic) bond motifs is 1. The second-order valence-electron chi connectivity index (χ2n) is 9.99. The van der Waals surface area contributed by atoms with Crippen LogP contribution in [0.15, 0.2) is 65.7 Å². The van der Waals surface area contributed by atoms with E-state index >= 15 is 0 Å². The molecular weight excluding hydrogens is 548 g/mol. The Labute approximate surface area is 238 Å². The molecule has 0 amide bonds. The molecule has 41 heavy (non-hydrogen) atoms. The number of sulfonamides is 1. The van der Waals surface area contributed by atoms with Crippen LogP contribution in [-0.4, -0.2) is 74.3 Å². The fourth-order valence-corrected chi connectivity index (χ4v) is 6.50. The lowest BCUT2D eigenvalue weighted by Gasteiger charge is -2.43. The number of pyridine rings is 1. The predicted molar refractivity (Wildman–Crippen MR) is 154 cm³/mol. The molecule has 5 rings (SSSR count). The van der Waals surface area contributed by atoms with Gasteiger partial charge in [-0.25, -0.2) is 9.97 Å². The molecule has 3 heterocycles. The quantitative estimate of drug-likeness (QED) is 0.220. The standard InChI is InChI=1S/C28H32N6O6S/c1-32(2)28(11-13-39-14-12-28)18-33-24-15-20(9-10-23(24)31-27(33)29)21-16-25(26(38-3)30-17-21)41(36,37)34(40-19-35)22-7-5-4-6-8-22/h4-10,15-17,19H,11-14,18H2,1-3H3,(H2,29,31). The van der Waals surface area contributed by atoms with Gasteiger partial charge in [0.2, 0.25) is 11.8 Å². The molecule has 1 fully saturated rings. The maximum Gasteiger partial charge on any atom is 0.322 e. The zero-order valence-corrected chi connectivity index (χ0v) is 23.9. The Morgan fingerprint density at radius 1 is 1.10 bits per heavy atom. The van der Waals surface area contributed by atoms with Gasteiger partial charge < -0.3 is 29.5 Å². The Balaban J connectivity index is 1.59. The van der Waals surface area contributed by atoms with Gasteiger partial charge in [0, 0.05) is 37.1 Å². The van der Waals surface area contributed by atoms with Gasteiger partial charge in [0.05, 0.1) is 23.8 Å². The summed E-state index contributed by atoms with van der Waals surface area (Å²) in [6.45, 7) is 1.99. The maximum absolute atomic E-state index is 13.8. The highest BCUT2D eigenvalue weighted by molar-refractivity contribution is 7.92. The lowest BCUT2D eigenvalue weighted by Crippen LogP contribution is -2.51. The number of hydrogen-bond acceptors (Lipinski definition) is 10. The van der Waals surface area contributed by atoms with Crippen LogP contribution in [-0.2, 0) is 30.9 Å². The summed E-state index contributed by atoms with van der Waals surface area (Å²) in [6, 6.07) is 15.0. The number of hydrogen-bond donors (Lipinski definition) is 1. The number of imidazole rings is 1. The summed E-state index contributed by atoms with van der Waals surface area (Å²) in [7, 11) is 1.00. The summed E-state index contributed by atoms with van der Waals surface area (Å²) < 4.78 is 41.0. The highest BCUT2D eigenvalue weighted by atomic mass is 32.2. The highest BCUT2D eigenvalue weighted by Gasteiger charge is 2.36. The van der Waals surface area contributed by atoms with E-state index in [-0.39, 0.29) is 28.5 Å². The van der Waals surface area contributed by atoms with E-state index in [4.69, 9.17) is 20.0 Å². The Morgan fingerprint density at radius 2 is 1.83 bits per heavy atom. The van der Waals surface area contributed by atoms with E-state index in [1.54, 1.807) is 18.2 Å². The van der Waals surface area contributed by atoms with Gasteiger partial charge in [0.25, 0.3) is 0 Å². The molecule has 1 aliphatic rings. The van der Waals surface area contributed by atoms with Crippen LogP contribution in [0.25, 0.3) is 22.2 Å². The smallest absolute Gasteiger partial charge is 0.322 e. The van der Waals surface area contributed by atoms with Crippen molar-refractivity contribution >= 4 is 39.2 Å². The number of aromatic nitrogens is 3. The number of anilines is 2. The lowest BCUT2D eigenvalue weighted by molar-refractivity contribution is -0.128. The van der Waals surface area contributed by atoms with Crippen molar-refractivity contribution in [1.29, 1.82) is 0 Å². The molecule has 2 N–H and O–H groups in total. The van der Waals surface area contributed by atoms with Crippen molar-refractivity contribution in [3.05, 3.63) is 60.8 Å². The van der Waals surface area contributed by atoms with Gasteiger partial charge in [-0.3, -0.25) is 4.79 Å². The van der Waals surface area contributed by atoms with E-state index in [0.717, 1.165) is 23.9 Å². The van der Waals surface area contributed by atoms with Gasteiger partial charge in [-0.1, -0.05) is 28.7 Å². The van der Waals surface area contributed by atoms with Crippen LogP contribution >= 0.6 is 0 Å². The van der Waals surface area contributed by atoms with Crippen molar-refractivity contribution < 1.29 is 27.5 Å². The normalized spacial score (nSPS) is 15.1. The van der Waals surface area contributed by atoms with Gasteiger partial charge in [0.1, 0.15) is 0 Å². The fourth-order valence-electron chi connectivity index (χ4n) is 5.14. The number of ether oxygens (including phenoxy) is 2. The first-order chi connectivity index (χ1) is 19.7. The van der Waals surface area contributed by atoms with E-state index in [1.165, 1.54) is 31.5 Å². The average Bonchev–Trinajstić information content (AvgIpc) is 3.29. The molecule has 2 aromatic carbocycles. The number of para-hydroxylation sites is 1. The molecule has 12 nitrogen and oxygen atoms in total. The van der Waals surface area contributed by atoms with Crippen LogP contribution in [0.2, 0.25) is 0 Å². The third-order valence-electron chi connectivity index (χ3n) is 7.55. The largest absolute Gasteiger partial charge is 0.480 e. The highest BCUT2D eigenvalue weighted by Crippen LogP contribution is 2.35. The lowest BCUT2D eigenvalue weighted by atomic mass is 9.88.